The third kappa shape index (κ3) is 4.59. The van der Waals surface area contributed by atoms with Gasteiger partial charge in [0.2, 0.25) is 0 Å². The van der Waals surface area contributed by atoms with Gasteiger partial charge in [0.05, 0.1) is 13.2 Å². The van der Waals surface area contributed by atoms with Crippen molar-refractivity contribution >= 4 is 11.6 Å². The number of benzene rings is 1. The average Bonchev–Trinajstić information content (AvgIpc) is 2.61. The van der Waals surface area contributed by atoms with Gasteiger partial charge < -0.3 is 9.47 Å². The average molecular weight is 335 g/mol. The fourth-order valence-electron chi connectivity index (χ4n) is 3.70. The van der Waals surface area contributed by atoms with Crippen LogP contribution >= 0.6 is 11.6 Å². The maximum absolute atomic E-state index is 5.99. The molecule has 2 fully saturated rings. The second-order valence-electron chi connectivity index (χ2n) is 6.79. The van der Waals surface area contributed by atoms with Crippen molar-refractivity contribution in [3.05, 3.63) is 47.0 Å². The maximum Gasteiger partial charge on any atom is 0.160 e. The van der Waals surface area contributed by atoms with Gasteiger partial charge in [0.25, 0.3) is 0 Å². The van der Waals surface area contributed by atoms with Crippen LogP contribution in [0.2, 0.25) is 5.02 Å². The molecule has 1 heterocycles. The number of allylic oxidation sites excluding steroid dienone is 1. The van der Waals surface area contributed by atoms with Crippen LogP contribution in [0, 0.1) is 11.8 Å². The van der Waals surface area contributed by atoms with Crippen molar-refractivity contribution in [1.29, 1.82) is 0 Å². The number of halogens is 1. The van der Waals surface area contributed by atoms with E-state index in [4.69, 9.17) is 21.1 Å². The number of rotatable bonds is 4. The van der Waals surface area contributed by atoms with Crippen LogP contribution in [0.4, 0.5) is 0 Å². The SMILES string of the molecule is CC/C=C/[C@H]1CO[C@H](C2CCC(c3ccc(Cl)cc3)CC2)OC1. The summed E-state index contributed by atoms with van der Waals surface area (Å²) in [6.45, 7) is 3.76. The number of hydrogen-bond acceptors (Lipinski definition) is 2. The zero-order chi connectivity index (χ0) is 16.1. The van der Waals surface area contributed by atoms with E-state index in [-0.39, 0.29) is 6.29 Å². The molecule has 2 aliphatic rings. The van der Waals surface area contributed by atoms with Crippen molar-refractivity contribution in [3.8, 4) is 0 Å². The normalized spacial score (nSPS) is 32.3. The van der Waals surface area contributed by atoms with Crippen LogP contribution < -0.4 is 0 Å². The largest absolute Gasteiger partial charge is 0.352 e. The van der Waals surface area contributed by atoms with Crippen LogP contribution in [0.3, 0.4) is 0 Å². The molecule has 1 aliphatic heterocycles. The van der Waals surface area contributed by atoms with E-state index in [2.05, 4.69) is 31.2 Å². The first-order valence-corrected chi connectivity index (χ1v) is 9.29. The van der Waals surface area contributed by atoms with Crippen LogP contribution in [-0.2, 0) is 9.47 Å². The molecule has 0 atom stereocenters. The Morgan fingerprint density at radius 3 is 2.30 bits per heavy atom. The van der Waals surface area contributed by atoms with Crippen molar-refractivity contribution in [2.24, 2.45) is 11.8 Å². The summed E-state index contributed by atoms with van der Waals surface area (Å²) in [6.07, 6.45) is 10.3. The quantitative estimate of drug-likeness (QED) is 0.670. The zero-order valence-electron chi connectivity index (χ0n) is 13.9. The Kier molecular flexibility index (Phi) is 6.15. The monoisotopic (exact) mass is 334 g/mol. The van der Waals surface area contributed by atoms with Gasteiger partial charge in [-0.15, -0.1) is 0 Å². The van der Waals surface area contributed by atoms with Crippen LogP contribution in [0.15, 0.2) is 36.4 Å². The highest BCUT2D eigenvalue weighted by atomic mass is 35.5. The highest BCUT2D eigenvalue weighted by Gasteiger charge is 2.32. The third-order valence-electron chi connectivity index (χ3n) is 5.09. The lowest BCUT2D eigenvalue weighted by atomic mass is 9.78. The van der Waals surface area contributed by atoms with Gasteiger partial charge >= 0.3 is 0 Å². The molecule has 1 aromatic rings. The van der Waals surface area contributed by atoms with Crippen LogP contribution in [0.25, 0.3) is 0 Å². The van der Waals surface area contributed by atoms with E-state index in [1.807, 2.05) is 12.1 Å². The van der Waals surface area contributed by atoms with Gasteiger partial charge in [0, 0.05) is 16.9 Å². The third-order valence-corrected chi connectivity index (χ3v) is 5.34. The standard InChI is InChI=1S/C20H27ClO2/c1-2-3-4-15-13-22-20(23-14-15)18-7-5-16(6-8-18)17-9-11-19(21)12-10-17/h3-4,9-12,15-16,18,20H,2,5-8,13-14H2,1H3/b4-3+/t15-,16?,18?,20-. The molecule has 0 unspecified atom stereocenters. The molecule has 0 bridgehead atoms. The lowest BCUT2D eigenvalue weighted by Crippen LogP contribution is -2.37. The summed E-state index contributed by atoms with van der Waals surface area (Å²) in [5.74, 6) is 1.64. The van der Waals surface area contributed by atoms with Crippen LogP contribution in [0.5, 0.6) is 0 Å². The van der Waals surface area contributed by atoms with Gasteiger partial charge in [0.15, 0.2) is 6.29 Å². The fraction of sp³-hybridized carbons (Fsp3) is 0.600. The molecular formula is C20H27ClO2. The van der Waals surface area contributed by atoms with Crippen LogP contribution in [0.1, 0.15) is 50.5 Å². The molecule has 3 rings (SSSR count). The molecule has 0 amide bonds. The van der Waals surface area contributed by atoms with Crippen molar-refractivity contribution in [3.63, 3.8) is 0 Å². The Labute approximate surface area is 144 Å². The first-order chi connectivity index (χ1) is 11.3. The second kappa shape index (κ2) is 8.32. The van der Waals surface area contributed by atoms with E-state index < -0.39 is 0 Å². The molecule has 23 heavy (non-hydrogen) atoms. The van der Waals surface area contributed by atoms with Gasteiger partial charge in [0.1, 0.15) is 0 Å². The predicted molar refractivity (Wildman–Crippen MR) is 94.8 cm³/mol. The van der Waals surface area contributed by atoms with Gasteiger partial charge in [-0.3, -0.25) is 0 Å². The first kappa shape index (κ1) is 17.0. The zero-order valence-corrected chi connectivity index (χ0v) is 14.7. The molecule has 0 N–H and O–H groups in total. The lowest BCUT2D eigenvalue weighted by molar-refractivity contribution is -0.222. The van der Waals surface area contributed by atoms with Crippen molar-refractivity contribution in [1.82, 2.24) is 0 Å². The van der Waals surface area contributed by atoms with Crippen LogP contribution in [-0.4, -0.2) is 19.5 Å². The lowest BCUT2D eigenvalue weighted by Gasteiger charge is -2.37. The minimum Gasteiger partial charge on any atom is -0.352 e. The Bertz CT molecular complexity index is 495. The molecular weight excluding hydrogens is 308 g/mol. The summed E-state index contributed by atoms with van der Waals surface area (Å²) in [7, 11) is 0. The number of ether oxygens (including phenoxy) is 2. The Morgan fingerprint density at radius 2 is 1.70 bits per heavy atom. The Balaban J connectivity index is 1.46. The molecule has 0 aromatic heterocycles. The molecule has 0 spiro atoms. The van der Waals surface area contributed by atoms with Gasteiger partial charge in [-0.25, -0.2) is 0 Å². The highest BCUT2D eigenvalue weighted by molar-refractivity contribution is 6.30. The van der Waals surface area contributed by atoms with E-state index in [0.717, 1.165) is 24.7 Å². The number of hydrogen-bond donors (Lipinski definition) is 0. The van der Waals surface area contributed by atoms with Crippen molar-refractivity contribution in [2.75, 3.05) is 13.2 Å². The van der Waals surface area contributed by atoms with Crippen molar-refractivity contribution in [2.45, 2.75) is 51.2 Å². The summed E-state index contributed by atoms with van der Waals surface area (Å²) in [5.41, 5.74) is 1.42. The molecule has 2 nitrogen and oxygen atoms in total. The molecule has 0 radical (unpaired) electrons. The van der Waals surface area contributed by atoms with E-state index in [9.17, 15) is 0 Å². The molecule has 1 saturated carbocycles. The van der Waals surface area contributed by atoms with Crippen molar-refractivity contribution < 1.29 is 9.47 Å². The summed E-state index contributed by atoms with van der Waals surface area (Å²) >= 11 is 5.98. The molecule has 1 aromatic carbocycles. The minimum atomic E-state index is 0.00689. The minimum absolute atomic E-state index is 0.00689. The molecule has 3 heteroatoms. The fourth-order valence-corrected chi connectivity index (χ4v) is 3.83. The highest BCUT2D eigenvalue weighted by Crippen LogP contribution is 2.39. The van der Waals surface area contributed by atoms with E-state index in [1.165, 1.54) is 31.2 Å². The Hall–Kier alpha value is -0.830. The predicted octanol–water partition coefficient (Wildman–Crippen LogP) is 5.57. The topological polar surface area (TPSA) is 18.5 Å². The smallest absolute Gasteiger partial charge is 0.160 e. The van der Waals surface area contributed by atoms with E-state index in [0.29, 0.717) is 17.8 Å². The second-order valence-corrected chi connectivity index (χ2v) is 7.23. The molecule has 1 saturated heterocycles. The van der Waals surface area contributed by atoms with E-state index >= 15 is 0 Å². The Morgan fingerprint density at radius 1 is 1.04 bits per heavy atom. The summed E-state index contributed by atoms with van der Waals surface area (Å²) in [4.78, 5) is 0. The first-order valence-electron chi connectivity index (χ1n) is 8.91. The molecule has 126 valence electrons. The maximum atomic E-state index is 5.99. The van der Waals surface area contributed by atoms with Gasteiger partial charge in [-0.1, -0.05) is 42.8 Å². The van der Waals surface area contributed by atoms with Gasteiger partial charge in [-0.2, -0.15) is 0 Å². The summed E-state index contributed by atoms with van der Waals surface area (Å²) < 4.78 is 12.0. The summed E-state index contributed by atoms with van der Waals surface area (Å²) in [6, 6.07) is 8.35. The van der Waals surface area contributed by atoms with Gasteiger partial charge in [-0.05, 0) is 55.7 Å². The van der Waals surface area contributed by atoms with E-state index in [1.54, 1.807) is 0 Å². The molecule has 1 aliphatic carbocycles. The summed E-state index contributed by atoms with van der Waals surface area (Å²) in [5, 5.41) is 0.818.